The summed E-state index contributed by atoms with van der Waals surface area (Å²) in [5.74, 6) is 6.42. The van der Waals surface area contributed by atoms with Gasteiger partial charge in [0.05, 0.1) is 17.2 Å². The summed E-state index contributed by atoms with van der Waals surface area (Å²) >= 11 is 1.64. The van der Waals surface area contributed by atoms with Gasteiger partial charge in [0, 0.05) is 17.1 Å². The molecule has 0 aliphatic heterocycles. The number of aromatic nitrogens is 3. The van der Waals surface area contributed by atoms with Crippen molar-refractivity contribution < 1.29 is 0 Å². The molecule has 0 fully saturated rings. The quantitative estimate of drug-likeness (QED) is 0.562. The van der Waals surface area contributed by atoms with Gasteiger partial charge >= 0.3 is 0 Å². The maximum atomic E-state index is 5.27. The lowest BCUT2D eigenvalue weighted by Crippen LogP contribution is -2.12. The van der Waals surface area contributed by atoms with Crippen molar-refractivity contribution in [1.82, 2.24) is 15.0 Å². The number of nitrogens with zero attached hydrogens (tertiary/aromatic N) is 3. The first kappa shape index (κ1) is 11.7. The molecule has 6 nitrogen and oxygen atoms in total. The Hall–Kier alpha value is -1.73. The van der Waals surface area contributed by atoms with Crippen molar-refractivity contribution in [3.63, 3.8) is 0 Å². The molecule has 0 bridgehead atoms. The number of nitrogen functional groups attached to an aromatic ring is 1. The van der Waals surface area contributed by atoms with Crippen molar-refractivity contribution in [3.05, 3.63) is 27.8 Å². The molecular weight excluding hydrogens is 236 g/mol. The number of anilines is 2. The minimum absolute atomic E-state index is 0.396. The Morgan fingerprint density at radius 1 is 1.35 bits per heavy atom. The predicted octanol–water partition coefficient (Wildman–Crippen LogP) is 1.45. The first-order valence-electron chi connectivity index (χ1n) is 5.14. The van der Waals surface area contributed by atoms with Gasteiger partial charge in [0.15, 0.2) is 0 Å². The average Bonchev–Trinajstić information content (AvgIpc) is 2.74. The lowest BCUT2D eigenvalue weighted by atomic mass is 10.3. The highest BCUT2D eigenvalue weighted by Gasteiger charge is 2.04. The van der Waals surface area contributed by atoms with Crippen LogP contribution in [0.25, 0.3) is 0 Å². The number of nitrogens with two attached hydrogens (primary N) is 1. The van der Waals surface area contributed by atoms with Gasteiger partial charge < -0.3 is 5.32 Å². The smallest absolute Gasteiger partial charge is 0.239 e. The second kappa shape index (κ2) is 5.07. The Bertz CT molecular complexity index is 509. The van der Waals surface area contributed by atoms with Crippen LogP contribution in [-0.2, 0) is 6.54 Å². The number of hydrazine groups is 1. The number of hydrogen-bond acceptors (Lipinski definition) is 7. The van der Waals surface area contributed by atoms with Crippen LogP contribution in [0.5, 0.6) is 0 Å². The van der Waals surface area contributed by atoms with Crippen molar-refractivity contribution >= 4 is 23.1 Å². The number of aryl methyl sites for hydroxylation is 2. The van der Waals surface area contributed by atoms with Gasteiger partial charge in [0.25, 0.3) is 0 Å². The summed E-state index contributed by atoms with van der Waals surface area (Å²) in [6, 6.07) is 0. The van der Waals surface area contributed by atoms with Crippen molar-refractivity contribution in [2.24, 2.45) is 5.84 Å². The molecule has 17 heavy (non-hydrogen) atoms. The lowest BCUT2D eigenvalue weighted by Gasteiger charge is -2.08. The fourth-order valence-electron chi connectivity index (χ4n) is 1.35. The monoisotopic (exact) mass is 250 g/mol. The zero-order valence-electron chi connectivity index (χ0n) is 9.69. The summed E-state index contributed by atoms with van der Waals surface area (Å²) in [5.41, 5.74) is 4.40. The summed E-state index contributed by atoms with van der Waals surface area (Å²) in [7, 11) is 0. The van der Waals surface area contributed by atoms with Crippen molar-refractivity contribution in [3.8, 4) is 0 Å². The van der Waals surface area contributed by atoms with Gasteiger partial charge in [-0.15, -0.1) is 11.3 Å². The minimum Gasteiger partial charge on any atom is -0.364 e. The molecule has 2 heterocycles. The molecule has 0 spiro atoms. The van der Waals surface area contributed by atoms with E-state index in [2.05, 4.69) is 25.7 Å². The molecular formula is C10H14N6S. The molecule has 0 aromatic carbocycles. The predicted molar refractivity (Wildman–Crippen MR) is 68.8 cm³/mol. The third kappa shape index (κ3) is 2.89. The van der Waals surface area contributed by atoms with Gasteiger partial charge in [0.2, 0.25) is 5.95 Å². The molecule has 0 saturated heterocycles. The number of nitrogens with one attached hydrogen (secondary N) is 2. The van der Waals surface area contributed by atoms with Crippen LogP contribution in [0.4, 0.5) is 11.8 Å². The van der Waals surface area contributed by atoms with Crippen LogP contribution < -0.4 is 16.6 Å². The van der Waals surface area contributed by atoms with Crippen molar-refractivity contribution in [2.45, 2.75) is 20.4 Å². The third-order valence-electron chi connectivity index (χ3n) is 2.20. The van der Waals surface area contributed by atoms with Crippen LogP contribution in [0, 0.1) is 13.8 Å². The fraction of sp³-hybridized carbons (Fsp3) is 0.300. The maximum Gasteiger partial charge on any atom is 0.239 e. The highest BCUT2D eigenvalue weighted by atomic mass is 32.1. The van der Waals surface area contributed by atoms with Crippen LogP contribution in [-0.4, -0.2) is 15.0 Å². The Morgan fingerprint density at radius 3 is 2.82 bits per heavy atom. The highest BCUT2D eigenvalue weighted by Crippen LogP contribution is 2.14. The second-order valence-corrected chi connectivity index (χ2v) is 4.64. The Morgan fingerprint density at radius 2 is 2.18 bits per heavy atom. The van der Waals surface area contributed by atoms with E-state index in [-0.39, 0.29) is 0 Å². The standard InChI is InChI=1S/C10H14N6S/c1-6-3-13-10(16-11)15-9(6)12-4-8-5-17-7(2)14-8/h3,5H,4,11H2,1-2H3,(H2,12,13,15,16). The van der Waals surface area contributed by atoms with Crippen molar-refractivity contribution in [1.29, 1.82) is 0 Å². The summed E-state index contributed by atoms with van der Waals surface area (Å²) < 4.78 is 0. The van der Waals surface area contributed by atoms with Gasteiger partial charge in [-0.05, 0) is 13.8 Å². The number of hydrogen-bond donors (Lipinski definition) is 3. The van der Waals surface area contributed by atoms with Crippen LogP contribution in [0.2, 0.25) is 0 Å². The molecule has 0 aliphatic carbocycles. The number of thiazole rings is 1. The van der Waals surface area contributed by atoms with Gasteiger partial charge in [0.1, 0.15) is 5.82 Å². The maximum absolute atomic E-state index is 5.27. The lowest BCUT2D eigenvalue weighted by molar-refractivity contribution is 1.01. The average molecular weight is 250 g/mol. The Kier molecular flexibility index (Phi) is 3.50. The molecule has 0 radical (unpaired) electrons. The van der Waals surface area contributed by atoms with Crippen LogP contribution in [0.1, 0.15) is 16.3 Å². The van der Waals surface area contributed by atoms with Crippen LogP contribution in [0.15, 0.2) is 11.6 Å². The molecule has 0 unspecified atom stereocenters. The first-order valence-corrected chi connectivity index (χ1v) is 6.02. The summed E-state index contributed by atoms with van der Waals surface area (Å²) in [5, 5.41) is 6.30. The van der Waals surface area contributed by atoms with E-state index in [0.717, 1.165) is 22.1 Å². The number of rotatable bonds is 4. The third-order valence-corrected chi connectivity index (χ3v) is 3.03. The van der Waals surface area contributed by atoms with Crippen LogP contribution >= 0.6 is 11.3 Å². The van der Waals surface area contributed by atoms with E-state index in [1.165, 1.54) is 0 Å². The summed E-state index contributed by atoms with van der Waals surface area (Å²) in [6.45, 7) is 4.57. The van der Waals surface area contributed by atoms with E-state index in [1.807, 2.05) is 19.2 Å². The largest absolute Gasteiger partial charge is 0.364 e. The molecule has 0 amide bonds. The molecule has 0 saturated carbocycles. The molecule has 0 aliphatic rings. The van der Waals surface area contributed by atoms with Gasteiger partial charge in [-0.3, -0.25) is 5.43 Å². The minimum atomic E-state index is 0.396. The van der Waals surface area contributed by atoms with Gasteiger partial charge in [-0.1, -0.05) is 0 Å². The molecule has 7 heteroatoms. The molecule has 90 valence electrons. The van der Waals surface area contributed by atoms with E-state index in [9.17, 15) is 0 Å². The topological polar surface area (TPSA) is 88.8 Å². The molecule has 2 aromatic heterocycles. The van der Waals surface area contributed by atoms with E-state index in [1.54, 1.807) is 17.5 Å². The van der Waals surface area contributed by atoms with Crippen LogP contribution in [0.3, 0.4) is 0 Å². The molecule has 2 rings (SSSR count). The zero-order valence-corrected chi connectivity index (χ0v) is 10.5. The fourth-order valence-corrected chi connectivity index (χ4v) is 1.97. The highest BCUT2D eigenvalue weighted by molar-refractivity contribution is 7.09. The van der Waals surface area contributed by atoms with Crippen molar-refractivity contribution in [2.75, 3.05) is 10.7 Å². The van der Waals surface area contributed by atoms with E-state index < -0.39 is 0 Å². The molecule has 2 aromatic rings. The van der Waals surface area contributed by atoms with Gasteiger partial charge in [-0.2, -0.15) is 4.98 Å². The van der Waals surface area contributed by atoms with E-state index in [0.29, 0.717) is 12.5 Å². The Labute approximate surface area is 103 Å². The first-order chi connectivity index (χ1) is 8.19. The molecule has 4 N–H and O–H groups in total. The second-order valence-electron chi connectivity index (χ2n) is 3.58. The Balaban J connectivity index is 2.07. The van der Waals surface area contributed by atoms with E-state index in [4.69, 9.17) is 5.84 Å². The van der Waals surface area contributed by atoms with E-state index >= 15 is 0 Å². The molecule has 0 atom stereocenters. The normalized spacial score (nSPS) is 10.3. The summed E-state index contributed by atoms with van der Waals surface area (Å²) in [6.07, 6.45) is 1.72. The zero-order chi connectivity index (χ0) is 12.3. The van der Waals surface area contributed by atoms with Gasteiger partial charge in [-0.25, -0.2) is 15.8 Å². The summed E-state index contributed by atoms with van der Waals surface area (Å²) in [4.78, 5) is 12.6. The SMILES string of the molecule is Cc1nc(CNc2nc(NN)ncc2C)cs1.